The zero-order valence-corrected chi connectivity index (χ0v) is 12.2. The zero-order valence-electron chi connectivity index (χ0n) is 12.2. The fourth-order valence-corrected chi connectivity index (χ4v) is 2.83. The second-order valence-corrected chi connectivity index (χ2v) is 5.83. The van der Waals surface area contributed by atoms with Crippen molar-refractivity contribution in [3.63, 3.8) is 0 Å². The maximum atomic E-state index is 12.0. The van der Waals surface area contributed by atoms with E-state index in [0.717, 1.165) is 19.3 Å². The van der Waals surface area contributed by atoms with E-state index in [0.29, 0.717) is 12.3 Å². The van der Waals surface area contributed by atoms with Gasteiger partial charge in [-0.25, -0.2) is 4.79 Å². The van der Waals surface area contributed by atoms with E-state index in [1.54, 1.807) is 0 Å². The molecule has 2 N–H and O–H groups in total. The molecule has 0 bridgehead atoms. The highest BCUT2D eigenvalue weighted by Gasteiger charge is 2.25. The van der Waals surface area contributed by atoms with Gasteiger partial charge in [0.2, 0.25) is 5.91 Å². The summed E-state index contributed by atoms with van der Waals surface area (Å²) in [6, 6.07) is -0.724. The molecule has 1 saturated carbocycles. The van der Waals surface area contributed by atoms with Crippen LogP contribution in [-0.2, 0) is 9.59 Å². The van der Waals surface area contributed by atoms with Crippen LogP contribution >= 0.6 is 0 Å². The number of rotatable bonds is 8. The molecule has 0 spiro atoms. The average Bonchev–Trinajstić information content (AvgIpc) is 2.86. The van der Waals surface area contributed by atoms with Gasteiger partial charge in [0, 0.05) is 5.92 Å². The van der Waals surface area contributed by atoms with Gasteiger partial charge in [-0.3, -0.25) is 4.79 Å². The first kappa shape index (κ1) is 16.0. The largest absolute Gasteiger partial charge is 0.480 e. The van der Waals surface area contributed by atoms with Crippen LogP contribution in [0.4, 0.5) is 0 Å². The molecular formula is C15H27NO3. The molecule has 0 aromatic carbocycles. The molecule has 2 atom stereocenters. The molecule has 0 radical (unpaired) electrons. The normalized spacial score (nSPS) is 19.1. The molecule has 0 aliphatic heterocycles. The second kappa shape index (κ2) is 8.18. The van der Waals surface area contributed by atoms with Gasteiger partial charge in [0.05, 0.1) is 0 Å². The van der Waals surface area contributed by atoms with Crippen molar-refractivity contribution in [3.8, 4) is 0 Å². The van der Waals surface area contributed by atoms with Gasteiger partial charge in [-0.05, 0) is 18.8 Å². The summed E-state index contributed by atoms with van der Waals surface area (Å²) in [6.45, 7) is 3.93. The standard InChI is InChI=1S/C15H27NO3/c1-3-4-9-13(15(18)19)16-14(17)11(2)10-12-7-5-6-8-12/h11-13H,3-10H2,1-2H3,(H,16,17)(H,18,19)/t11?,13-/m0/s1. The number of unbranched alkanes of at least 4 members (excludes halogenated alkanes) is 1. The third-order valence-electron chi connectivity index (χ3n) is 4.07. The molecule has 1 unspecified atom stereocenters. The van der Waals surface area contributed by atoms with Crippen LogP contribution < -0.4 is 5.32 Å². The monoisotopic (exact) mass is 269 g/mol. The maximum Gasteiger partial charge on any atom is 0.326 e. The van der Waals surface area contributed by atoms with Crippen LogP contribution in [0.5, 0.6) is 0 Å². The predicted octanol–water partition coefficient (Wildman–Crippen LogP) is 2.96. The second-order valence-electron chi connectivity index (χ2n) is 5.83. The van der Waals surface area contributed by atoms with Crippen LogP contribution in [0.15, 0.2) is 0 Å². The number of nitrogens with one attached hydrogen (secondary N) is 1. The molecule has 1 rings (SSSR count). The van der Waals surface area contributed by atoms with E-state index in [2.05, 4.69) is 5.32 Å². The van der Waals surface area contributed by atoms with Crippen LogP contribution in [0.3, 0.4) is 0 Å². The summed E-state index contributed by atoms with van der Waals surface area (Å²) >= 11 is 0. The number of amides is 1. The minimum absolute atomic E-state index is 0.0772. The van der Waals surface area contributed by atoms with Crippen LogP contribution in [0, 0.1) is 11.8 Å². The van der Waals surface area contributed by atoms with Crippen molar-refractivity contribution in [3.05, 3.63) is 0 Å². The molecule has 1 fully saturated rings. The van der Waals surface area contributed by atoms with Crippen LogP contribution in [0.1, 0.15) is 65.2 Å². The zero-order chi connectivity index (χ0) is 14.3. The van der Waals surface area contributed by atoms with Crippen molar-refractivity contribution in [1.29, 1.82) is 0 Å². The number of carbonyl (C=O) groups excluding carboxylic acids is 1. The highest BCUT2D eigenvalue weighted by molar-refractivity contribution is 5.84. The first-order valence-electron chi connectivity index (χ1n) is 7.57. The number of carbonyl (C=O) groups is 2. The minimum atomic E-state index is -0.921. The molecule has 1 aliphatic rings. The number of carboxylic acids is 1. The molecule has 0 heterocycles. The summed E-state index contributed by atoms with van der Waals surface area (Å²) < 4.78 is 0. The Balaban J connectivity index is 2.38. The Morgan fingerprint density at radius 3 is 2.47 bits per heavy atom. The predicted molar refractivity (Wildman–Crippen MR) is 74.8 cm³/mol. The Bertz CT molecular complexity index is 298. The number of aliphatic carboxylic acids is 1. The van der Waals surface area contributed by atoms with Gasteiger partial charge in [0.1, 0.15) is 6.04 Å². The van der Waals surface area contributed by atoms with E-state index >= 15 is 0 Å². The van der Waals surface area contributed by atoms with Crippen molar-refractivity contribution in [2.24, 2.45) is 11.8 Å². The highest BCUT2D eigenvalue weighted by Crippen LogP contribution is 2.30. The summed E-state index contributed by atoms with van der Waals surface area (Å²) in [5.41, 5.74) is 0. The van der Waals surface area contributed by atoms with E-state index in [1.807, 2.05) is 13.8 Å². The summed E-state index contributed by atoms with van der Waals surface area (Å²) in [7, 11) is 0. The molecule has 110 valence electrons. The lowest BCUT2D eigenvalue weighted by Gasteiger charge is -2.19. The van der Waals surface area contributed by atoms with E-state index in [9.17, 15) is 9.59 Å². The Kier molecular flexibility index (Phi) is 6.89. The molecule has 0 aromatic heterocycles. The molecule has 1 aliphatic carbocycles. The lowest BCUT2D eigenvalue weighted by atomic mass is 9.93. The lowest BCUT2D eigenvalue weighted by Crippen LogP contribution is -2.43. The third-order valence-corrected chi connectivity index (χ3v) is 4.07. The number of hydrogen-bond donors (Lipinski definition) is 2. The Hall–Kier alpha value is -1.06. The Morgan fingerprint density at radius 2 is 1.95 bits per heavy atom. The van der Waals surface area contributed by atoms with E-state index in [4.69, 9.17) is 5.11 Å². The van der Waals surface area contributed by atoms with Crippen molar-refractivity contribution in [2.75, 3.05) is 0 Å². The van der Waals surface area contributed by atoms with Crippen molar-refractivity contribution >= 4 is 11.9 Å². The number of hydrogen-bond acceptors (Lipinski definition) is 2. The summed E-state index contributed by atoms with van der Waals surface area (Å²) in [4.78, 5) is 23.1. The van der Waals surface area contributed by atoms with Gasteiger partial charge < -0.3 is 10.4 Å². The van der Waals surface area contributed by atoms with Crippen LogP contribution in [0.25, 0.3) is 0 Å². The van der Waals surface area contributed by atoms with Crippen LogP contribution in [0.2, 0.25) is 0 Å². The lowest BCUT2D eigenvalue weighted by molar-refractivity contribution is -0.142. The topological polar surface area (TPSA) is 66.4 Å². The fourth-order valence-electron chi connectivity index (χ4n) is 2.83. The molecule has 19 heavy (non-hydrogen) atoms. The Morgan fingerprint density at radius 1 is 1.32 bits per heavy atom. The summed E-state index contributed by atoms with van der Waals surface area (Å²) in [6.07, 6.45) is 8.16. The highest BCUT2D eigenvalue weighted by atomic mass is 16.4. The van der Waals surface area contributed by atoms with E-state index in [-0.39, 0.29) is 11.8 Å². The molecule has 0 saturated heterocycles. The van der Waals surface area contributed by atoms with E-state index < -0.39 is 12.0 Å². The SMILES string of the molecule is CCCC[C@H](NC(=O)C(C)CC1CCCC1)C(=O)O. The summed E-state index contributed by atoms with van der Waals surface area (Å²) in [5.74, 6) is -0.448. The van der Waals surface area contributed by atoms with Gasteiger partial charge >= 0.3 is 5.97 Å². The Labute approximate surface area is 116 Å². The first-order valence-corrected chi connectivity index (χ1v) is 7.57. The summed E-state index contributed by atoms with van der Waals surface area (Å²) in [5, 5.41) is 11.8. The van der Waals surface area contributed by atoms with Gasteiger partial charge in [0.15, 0.2) is 0 Å². The van der Waals surface area contributed by atoms with E-state index in [1.165, 1.54) is 25.7 Å². The molecule has 0 aromatic rings. The third kappa shape index (κ3) is 5.62. The van der Waals surface area contributed by atoms with Crippen molar-refractivity contribution in [1.82, 2.24) is 5.32 Å². The molecular weight excluding hydrogens is 242 g/mol. The fraction of sp³-hybridized carbons (Fsp3) is 0.867. The molecule has 4 heteroatoms. The average molecular weight is 269 g/mol. The minimum Gasteiger partial charge on any atom is -0.480 e. The van der Waals surface area contributed by atoms with Crippen LogP contribution in [-0.4, -0.2) is 23.0 Å². The quantitative estimate of drug-likeness (QED) is 0.712. The van der Waals surface area contributed by atoms with Gasteiger partial charge in [-0.1, -0.05) is 52.4 Å². The molecule has 4 nitrogen and oxygen atoms in total. The smallest absolute Gasteiger partial charge is 0.326 e. The molecule has 1 amide bonds. The maximum absolute atomic E-state index is 12.0. The van der Waals surface area contributed by atoms with Crippen molar-refractivity contribution < 1.29 is 14.7 Å². The van der Waals surface area contributed by atoms with Gasteiger partial charge in [-0.15, -0.1) is 0 Å². The van der Waals surface area contributed by atoms with Gasteiger partial charge in [-0.2, -0.15) is 0 Å². The first-order chi connectivity index (χ1) is 9.04. The van der Waals surface area contributed by atoms with Gasteiger partial charge in [0.25, 0.3) is 0 Å². The number of carboxylic acid groups (broad SMARTS) is 1. The van der Waals surface area contributed by atoms with Crippen molar-refractivity contribution in [2.45, 2.75) is 71.3 Å².